The van der Waals surface area contributed by atoms with E-state index in [0.29, 0.717) is 53.4 Å². The molecule has 1 aromatic heterocycles. The maximum atomic E-state index is 13.2. The quantitative estimate of drug-likeness (QED) is 0.256. The van der Waals surface area contributed by atoms with Gasteiger partial charge in [0.15, 0.2) is 5.76 Å². The number of aliphatic hydroxyl groups excluding tert-OH is 1. The number of ether oxygens (including phenoxy) is 2. The van der Waals surface area contributed by atoms with Crippen molar-refractivity contribution in [3.05, 3.63) is 92.3 Å². The van der Waals surface area contributed by atoms with E-state index in [9.17, 15) is 14.4 Å². The average molecular weight is 567 g/mol. The third-order valence-corrected chi connectivity index (χ3v) is 7.59. The van der Waals surface area contributed by atoms with Gasteiger partial charge in [-0.05, 0) is 90.2 Å². The summed E-state index contributed by atoms with van der Waals surface area (Å²) in [6.45, 7) is 2.28. The molecule has 3 aromatic rings. The molecule has 2 aromatic carbocycles. The number of halogens is 1. The Morgan fingerprint density at radius 1 is 1.15 bits per heavy atom. The van der Waals surface area contributed by atoms with Crippen molar-refractivity contribution in [3.63, 3.8) is 0 Å². The standard InChI is InChI=1S/C29H27ClN2O6S/c1-17-12-21(5-7-24(17)32-28(35)22-6-4-20(30)15-23(22)29(32)36)31-27(34)25-13-19(18-8-11-39-16-18)14-26(38-25)37-10-3-2-9-33/h4-8,11-13,15-16,19,26,33H,2-3,9-10,14H2,1H3,(H,31,34)/t19-,26+/m0/s1. The zero-order valence-corrected chi connectivity index (χ0v) is 22.8. The molecular weight excluding hydrogens is 540 g/mol. The number of aliphatic hydroxyl groups is 1. The summed E-state index contributed by atoms with van der Waals surface area (Å²) in [6, 6.07) is 11.6. The summed E-state index contributed by atoms with van der Waals surface area (Å²) in [6.07, 6.45) is 3.11. The molecule has 3 heterocycles. The Hall–Kier alpha value is -3.50. The van der Waals surface area contributed by atoms with Gasteiger partial charge in [-0.15, -0.1) is 0 Å². The minimum Gasteiger partial charge on any atom is -0.459 e. The fourth-order valence-corrected chi connectivity index (χ4v) is 5.57. The first-order valence-electron chi connectivity index (χ1n) is 12.6. The van der Waals surface area contributed by atoms with Crippen molar-refractivity contribution in [2.75, 3.05) is 23.4 Å². The zero-order valence-electron chi connectivity index (χ0n) is 21.2. The van der Waals surface area contributed by atoms with E-state index in [4.69, 9.17) is 26.2 Å². The Balaban J connectivity index is 1.32. The number of aryl methyl sites for hydroxylation is 1. The van der Waals surface area contributed by atoms with Crippen molar-refractivity contribution < 1.29 is 29.0 Å². The summed E-state index contributed by atoms with van der Waals surface area (Å²) in [5.41, 5.74) is 3.20. The Morgan fingerprint density at radius 2 is 1.97 bits per heavy atom. The highest BCUT2D eigenvalue weighted by Crippen LogP contribution is 2.35. The minimum absolute atomic E-state index is 0.0416. The molecule has 2 aliphatic heterocycles. The fraction of sp³-hybridized carbons (Fsp3) is 0.276. The van der Waals surface area contributed by atoms with Gasteiger partial charge in [0.1, 0.15) is 0 Å². The third-order valence-electron chi connectivity index (χ3n) is 6.65. The van der Waals surface area contributed by atoms with Crippen LogP contribution in [-0.4, -0.2) is 42.3 Å². The first-order valence-corrected chi connectivity index (χ1v) is 13.9. The van der Waals surface area contributed by atoms with E-state index in [-0.39, 0.29) is 23.8 Å². The Labute approximate surface area is 234 Å². The van der Waals surface area contributed by atoms with Crippen molar-refractivity contribution in [2.24, 2.45) is 0 Å². The molecule has 0 fully saturated rings. The number of imide groups is 1. The number of carbonyl (C=O) groups is 3. The van der Waals surface area contributed by atoms with Gasteiger partial charge in [-0.25, -0.2) is 4.90 Å². The second-order valence-electron chi connectivity index (χ2n) is 9.37. The van der Waals surface area contributed by atoms with E-state index >= 15 is 0 Å². The number of nitrogens with one attached hydrogen (secondary N) is 1. The molecule has 2 N–H and O–H groups in total. The maximum Gasteiger partial charge on any atom is 0.290 e. The molecule has 0 saturated heterocycles. The number of nitrogens with zero attached hydrogens (tertiary/aromatic N) is 1. The summed E-state index contributed by atoms with van der Waals surface area (Å²) in [7, 11) is 0. The predicted octanol–water partition coefficient (Wildman–Crippen LogP) is 5.65. The lowest BCUT2D eigenvalue weighted by molar-refractivity contribution is -0.143. The topological polar surface area (TPSA) is 105 Å². The van der Waals surface area contributed by atoms with Crippen molar-refractivity contribution in [1.82, 2.24) is 0 Å². The van der Waals surface area contributed by atoms with Crippen LogP contribution in [0.4, 0.5) is 11.4 Å². The number of thiophene rings is 1. The smallest absolute Gasteiger partial charge is 0.290 e. The number of amides is 3. The lowest BCUT2D eigenvalue weighted by Gasteiger charge is -2.29. The number of anilines is 2. The zero-order chi connectivity index (χ0) is 27.5. The highest BCUT2D eigenvalue weighted by atomic mass is 35.5. The Kier molecular flexibility index (Phi) is 8.13. The minimum atomic E-state index is -0.592. The Bertz CT molecular complexity index is 1440. The van der Waals surface area contributed by atoms with Gasteiger partial charge >= 0.3 is 0 Å². The molecule has 0 spiro atoms. The second kappa shape index (κ2) is 11.7. The van der Waals surface area contributed by atoms with Crippen LogP contribution in [0.2, 0.25) is 5.02 Å². The number of allylic oxidation sites excluding steroid dienone is 1. The fourth-order valence-electron chi connectivity index (χ4n) is 4.67. The van der Waals surface area contributed by atoms with Gasteiger partial charge in [0, 0.05) is 29.7 Å². The molecule has 2 aliphatic rings. The van der Waals surface area contributed by atoms with Gasteiger partial charge in [0.2, 0.25) is 6.29 Å². The van der Waals surface area contributed by atoms with E-state index in [1.807, 2.05) is 16.8 Å². The normalized spacial score (nSPS) is 18.5. The number of hydrogen-bond donors (Lipinski definition) is 2. The van der Waals surface area contributed by atoms with Crippen molar-refractivity contribution in [1.29, 1.82) is 0 Å². The largest absolute Gasteiger partial charge is 0.459 e. The highest BCUT2D eigenvalue weighted by Gasteiger charge is 2.37. The molecular formula is C29H27ClN2O6S. The first kappa shape index (κ1) is 27.1. The van der Waals surface area contributed by atoms with Crippen LogP contribution < -0.4 is 10.2 Å². The SMILES string of the molecule is Cc1cc(NC(=O)C2=C[C@H](c3ccsc3)C[C@H](OCCCCO)O2)ccc1N1C(=O)c2ccc(Cl)cc2C1=O. The van der Waals surface area contributed by atoms with Crippen LogP contribution in [0.1, 0.15) is 57.0 Å². The summed E-state index contributed by atoms with van der Waals surface area (Å²) >= 11 is 7.61. The van der Waals surface area contributed by atoms with Crippen LogP contribution in [0.15, 0.2) is 65.1 Å². The van der Waals surface area contributed by atoms with Gasteiger partial charge in [-0.3, -0.25) is 14.4 Å². The molecule has 0 aliphatic carbocycles. The van der Waals surface area contributed by atoms with Crippen LogP contribution >= 0.6 is 22.9 Å². The van der Waals surface area contributed by atoms with Gasteiger partial charge in [0.05, 0.1) is 23.4 Å². The highest BCUT2D eigenvalue weighted by molar-refractivity contribution is 7.08. The summed E-state index contributed by atoms with van der Waals surface area (Å²) in [5, 5.41) is 16.3. The lowest BCUT2D eigenvalue weighted by atomic mass is 9.95. The number of hydrogen-bond acceptors (Lipinski definition) is 7. The molecule has 2 atom stereocenters. The van der Waals surface area contributed by atoms with Gasteiger partial charge in [0.25, 0.3) is 17.7 Å². The van der Waals surface area contributed by atoms with Crippen molar-refractivity contribution >= 4 is 52.0 Å². The summed E-state index contributed by atoms with van der Waals surface area (Å²) < 4.78 is 11.8. The van der Waals surface area contributed by atoms with E-state index in [1.165, 1.54) is 6.07 Å². The third kappa shape index (κ3) is 5.77. The summed E-state index contributed by atoms with van der Waals surface area (Å²) in [5.74, 6) is -1.18. The van der Waals surface area contributed by atoms with Gasteiger partial charge in [-0.2, -0.15) is 11.3 Å². The van der Waals surface area contributed by atoms with Crippen molar-refractivity contribution in [2.45, 2.75) is 38.4 Å². The molecule has 0 radical (unpaired) electrons. The predicted molar refractivity (Wildman–Crippen MR) is 149 cm³/mol. The average Bonchev–Trinajstić information content (AvgIpc) is 3.54. The molecule has 0 bridgehead atoms. The molecule has 8 nitrogen and oxygen atoms in total. The molecule has 39 heavy (non-hydrogen) atoms. The van der Waals surface area contributed by atoms with E-state index in [1.54, 1.807) is 54.7 Å². The molecule has 10 heteroatoms. The van der Waals surface area contributed by atoms with Crippen LogP contribution in [0.5, 0.6) is 0 Å². The number of carbonyl (C=O) groups excluding carboxylic acids is 3. The van der Waals surface area contributed by atoms with E-state index in [2.05, 4.69) is 5.32 Å². The summed E-state index contributed by atoms with van der Waals surface area (Å²) in [4.78, 5) is 40.3. The molecule has 202 valence electrons. The van der Waals surface area contributed by atoms with Crippen LogP contribution in [0, 0.1) is 6.92 Å². The lowest BCUT2D eigenvalue weighted by Crippen LogP contribution is -2.30. The number of benzene rings is 2. The second-order valence-corrected chi connectivity index (χ2v) is 10.6. The van der Waals surface area contributed by atoms with Crippen molar-refractivity contribution in [3.8, 4) is 0 Å². The monoisotopic (exact) mass is 566 g/mol. The maximum absolute atomic E-state index is 13.2. The van der Waals surface area contributed by atoms with Crippen LogP contribution in [0.3, 0.4) is 0 Å². The van der Waals surface area contributed by atoms with Gasteiger partial charge in [-0.1, -0.05) is 11.6 Å². The first-order chi connectivity index (χ1) is 18.9. The van der Waals surface area contributed by atoms with Crippen LogP contribution in [-0.2, 0) is 14.3 Å². The van der Waals surface area contributed by atoms with Crippen LogP contribution in [0.25, 0.3) is 0 Å². The van der Waals surface area contributed by atoms with E-state index in [0.717, 1.165) is 10.5 Å². The number of unbranched alkanes of at least 4 members (excludes halogenated alkanes) is 1. The number of rotatable bonds is 9. The molecule has 5 rings (SSSR count). The molecule has 0 saturated carbocycles. The Morgan fingerprint density at radius 3 is 2.72 bits per heavy atom. The van der Waals surface area contributed by atoms with Gasteiger partial charge < -0.3 is 19.9 Å². The molecule has 0 unspecified atom stereocenters. The van der Waals surface area contributed by atoms with E-state index < -0.39 is 24.0 Å². The molecule has 3 amide bonds. The number of fused-ring (bicyclic) bond motifs is 1.